The van der Waals surface area contributed by atoms with Gasteiger partial charge in [0.25, 0.3) is 0 Å². The SMILES string of the molecule is O=C(NCCCCN1CCN(Cc2ccccc2)CC1)C(c1ccccc1)N1CCS(=O)(=O)CC1. The molecule has 1 N–H and O–H groups in total. The first kappa shape index (κ1) is 25.8. The summed E-state index contributed by atoms with van der Waals surface area (Å²) < 4.78 is 23.7. The van der Waals surface area contributed by atoms with Crippen LogP contribution in [0.1, 0.15) is 30.0 Å². The Kier molecular flexibility index (Phi) is 9.31. The van der Waals surface area contributed by atoms with Crippen LogP contribution in [0.25, 0.3) is 0 Å². The summed E-state index contributed by atoms with van der Waals surface area (Å²) in [6.45, 7) is 7.87. The summed E-state index contributed by atoms with van der Waals surface area (Å²) in [7, 11) is -2.99. The Morgan fingerprint density at radius 3 is 2.06 bits per heavy atom. The second-order valence-electron chi connectivity index (χ2n) is 9.60. The van der Waals surface area contributed by atoms with Gasteiger partial charge < -0.3 is 10.2 Å². The van der Waals surface area contributed by atoms with Crippen LogP contribution in [-0.4, -0.2) is 92.9 Å². The molecule has 0 spiro atoms. The fourth-order valence-corrected chi connectivity index (χ4v) is 6.16. The minimum Gasteiger partial charge on any atom is -0.354 e. The quantitative estimate of drug-likeness (QED) is 0.506. The van der Waals surface area contributed by atoms with E-state index < -0.39 is 15.9 Å². The Labute approximate surface area is 210 Å². The number of rotatable bonds is 10. The first-order valence-corrected chi connectivity index (χ1v) is 14.6. The van der Waals surface area contributed by atoms with E-state index in [2.05, 4.69) is 45.4 Å². The van der Waals surface area contributed by atoms with Gasteiger partial charge in [0.05, 0.1) is 11.5 Å². The summed E-state index contributed by atoms with van der Waals surface area (Å²) in [6, 6.07) is 19.9. The summed E-state index contributed by atoms with van der Waals surface area (Å²) in [5, 5.41) is 3.11. The van der Waals surface area contributed by atoms with Crippen molar-refractivity contribution >= 4 is 15.7 Å². The van der Waals surface area contributed by atoms with E-state index in [0.717, 1.165) is 57.7 Å². The Morgan fingerprint density at radius 2 is 1.40 bits per heavy atom. The second kappa shape index (κ2) is 12.6. The van der Waals surface area contributed by atoms with Crippen molar-refractivity contribution in [3.8, 4) is 0 Å². The molecule has 1 atom stereocenters. The van der Waals surface area contributed by atoms with E-state index in [-0.39, 0.29) is 17.4 Å². The number of carbonyl (C=O) groups is 1. The third kappa shape index (κ3) is 7.87. The van der Waals surface area contributed by atoms with Gasteiger partial charge in [-0.15, -0.1) is 0 Å². The van der Waals surface area contributed by atoms with Crippen molar-refractivity contribution in [1.82, 2.24) is 20.0 Å². The molecule has 1 unspecified atom stereocenters. The molecule has 2 aliphatic rings. The summed E-state index contributed by atoms with van der Waals surface area (Å²) in [4.78, 5) is 20.2. The van der Waals surface area contributed by atoms with Crippen LogP contribution in [0.2, 0.25) is 0 Å². The van der Waals surface area contributed by atoms with Gasteiger partial charge in [0.15, 0.2) is 9.84 Å². The molecule has 2 aromatic carbocycles. The van der Waals surface area contributed by atoms with Crippen molar-refractivity contribution in [2.45, 2.75) is 25.4 Å². The topological polar surface area (TPSA) is 73.0 Å². The third-order valence-electron chi connectivity index (χ3n) is 7.02. The monoisotopic (exact) mass is 498 g/mol. The lowest BCUT2D eigenvalue weighted by Crippen LogP contribution is -2.47. The van der Waals surface area contributed by atoms with Crippen LogP contribution in [0.4, 0.5) is 0 Å². The minimum atomic E-state index is -2.99. The maximum absolute atomic E-state index is 13.1. The number of benzene rings is 2. The lowest BCUT2D eigenvalue weighted by molar-refractivity contribution is -0.126. The van der Waals surface area contributed by atoms with Gasteiger partial charge in [-0.05, 0) is 30.5 Å². The predicted octanol–water partition coefficient (Wildman–Crippen LogP) is 2.17. The van der Waals surface area contributed by atoms with Gasteiger partial charge in [0, 0.05) is 52.4 Å². The molecule has 2 saturated heterocycles. The number of nitrogens with zero attached hydrogens (tertiary/aromatic N) is 3. The highest BCUT2D eigenvalue weighted by Crippen LogP contribution is 2.23. The molecular weight excluding hydrogens is 460 g/mol. The lowest BCUT2D eigenvalue weighted by Gasteiger charge is -2.35. The van der Waals surface area contributed by atoms with E-state index in [1.165, 1.54) is 5.56 Å². The lowest BCUT2D eigenvalue weighted by atomic mass is 10.0. The van der Waals surface area contributed by atoms with E-state index in [4.69, 9.17) is 0 Å². The average Bonchev–Trinajstić information content (AvgIpc) is 2.87. The maximum Gasteiger partial charge on any atom is 0.241 e. The zero-order valence-corrected chi connectivity index (χ0v) is 21.3. The van der Waals surface area contributed by atoms with Crippen molar-refractivity contribution in [3.63, 3.8) is 0 Å². The predicted molar refractivity (Wildman–Crippen MR) is 140 cm³/mol. The van der Waals surface area contributed by atoms with Crippen molar-refractivity contribution in [1.29, 1.82) is 0 Å². The van der Waals surface area contributed by atoms with Crippen LogP contribution in [0.3, 0.4) is 0 Å². The van der Waals surface area contributed by atoms with Crippen LogP contribution in [0.15, 0.2) is 60.7 Å². The molecule has 0 saturated carbocycles. The molecular formula is C27H38N4O3S. The standard InChI is InChI=1S/C27H38N4O3S/c32-27(26(25-11-5-2-6-12-25)31-19-21-35(33,34)22-20-31)28-13-7-8-14-29-15-17-30(18-16-29)23-24-9-3-1-4-10-24/h1-6,9-12,26H,7-8,13-23H2,(H,28,32). The second-order valence-corrected chi connectivity index (χ2v) is 11.9. The number of unbranched alkanes of at least 4 members (excludes halogenated alkanes) is 1. The third-order valence-corrected chi connectivity index (χ3v) is 8.63. The fraction of sp³-hybridized carbons (Fsp3) is 0.519. The van der Waals surface area contributed by atoms with Crippen LogP contribution >= 0.6 is 0 Å². The number of piperazine rings is 1. The molecule has 2 aromatic rings. The van der Waals surface area contributed by atoms with Crippen molar-refractivity contribution in [2.24, 2.45) is 0 Å². The van der Waals surface area contributed by atoms with Crippen LogP contribution in [-0.2, 0) is 21.2 Å². The Bertz CT molecular complexity index is 1010. The summed E-state index contributed by atoms with van der Waals surface area (Å²) in [5.41, 5.74) is 2.29. The molecule has 2 fully saturated rings. The zero-order chi connectivity index (χ0) is 24.5. The average molecular weight is 499 g/mol. The molecule has 2 aliphatic heterocycles. The normalized spacial score (nSPS) is 20.3. The van der Waals surface area contributed by atoms with E-state index in [1.807, 2.05) is 35.2 Å². The highest BCUT2D eigenvalue weighted by atomic mass is 32.2. The maximum atomic E-state index is 13.1. The van der Waals surface area contributed by atoms with Gasteiger partial charge in [-0.2, -0.15) is 0 Å². The molecule has 35 heavy (non-hydrogen) atoms. The van der Waals surface area contributed by atoms with Gasteiger partial charge >= 0.3 is 0 Å². The molecule has 0 radical (unpaired) electrons. The van der Waals surface area contributed by atoms with Crippen molar-refractivity contribution in [2.75, 3.05) is 63.9 Å². The Balaban J connectivity index is 1.17. The molecule has 190 valence electrons. The molecule has 1 amide bonds. The van der Waals surface area contributed by atoms with Crippen molar-refractivity contribution < 1.29 is 13.2 Å². The van der Waals surface area contributed by atoms with Gasteiger partial charge in [0.2, 0.25) is 5.91 Å². The summed E-state index contributed by atoms with van der Waals surface area (Å²) in [6.07, 6.45) is 1.99. The molecule has 8 heteroatoms. The Hall–Kier alpha value is -2.26. The minimum absolute atomic E-state index is 0.0370. The van der Waals surface area contributed by atoms with E-state index in [1.54, 1.807) is 0 Å². The molecule has 0 aromatic heterocycles. The van der Waals surface area contributed by atoms with Crippen molar-refractivity contribution in [3.05, 3.63) is 71.8 Å². The smallest absolute Gasteiger partial charge is 0.241 e. The first-order valence-electron chi connectivity index (χ1n) is 12.8. The van der Waals surface area contributed by atoms with Gasteiger partial charge in [-0.3, -0.25) is 14.6 Å². The van der Waals surface area contributed by atoms with Gasteiger partial charge in [-0.1, -0.05) is 60.7 Å². The largest absolute Gasteiger partial charge is 0.354 e. The highest BCUT2D eigenvalue weighted by molar-refractivity contribution is 7.91. The molecule has 2 heterocycles. The Morgan fingerprint density at radius 1 is 0.800 bits per heavy atom. The number of nitrogens with one attached hydrogen (secondary N) is 1. The zero-order valence-electron chi connectivity index (χ0n) is 20.5. The number of hydrogen-bond donors (Lipinski definition) is 1. The summed E-state index contributed by atoms with van der Waals surface area (Å²) >= 11 is 0. The highest BCUT2D eigenvalue weighted by Gasteiger charge is 2.32. The van der Waals surface area contributed by atoms with E-state index in [9.17, 15) is 13.2 Å². The molecule has 7 nitrogen and oxygen atoms in total. The number of sulfone groups is 1. The fourth-order valence-electron chi connectivity index (χ4n) is 4.93. The molecule has 0 aliphatic carbocycles. The van der Waals surface area contributed by atoms with E-state index >= 15 is 0 Å². The summed E-state index contributed by atoms with van der Waals surface area (Å²) in [5.74, 6) is 0.190. The van der Waals surface area contributed by atoms with E-state index in [0.29, 0.717) is 19.6 Å². The van der Waals surface area contributed by atoms with Crippen LogP contribution < -0.4 is 5.32 Å². The van der Waals surface area contributed by atoms with Crippen LogP contribution in [0.5, 0.6) is 0 Å². The van der Waals surface area contributed by atoms with Crippen LogP contribution in [0, 0.1) is 0 Å². The molecule has 4 rings (SSSR count). The number of hydrogen-bond acceptors (Lipinski definition) is 6. The first-order chi connectivity index (χ1) is 17.0. The number of carbonyl (C=O) groups excluding carboxylic acids is 1. The van der Waals surface area contributed by atoms with Gasteiger partial charge in [-0.25, -0.2) is 8.42 Å². The molecule has 0 bridgehead atoms. The van der Waals surface area contributed by atoms with Gasteiger partial charge in [0.1, 0.15) is 6.04 Å². The number of amides is 1.